The van der Waals surface area contributed by atoms with Crippen LogP contribution in [-0.4, -0.2) is 5.84 Å². The molecule has 2 nitrogen and oxygen atoms in total. The van der Waals surface area contributed by atoms with Crippen LogP contribution in [0, 0.1) is 6.92 Å². The van der Waals surface area contributed by atoms with Crippen LogP contribution < -0.4 is 5.32 Å². The average Bonchev–Trinajstić information content (AvgIpc) is 2.49. The van der Waals surface area contributed by atoms with E-state index in [-0.39, 0.29) is 0 Å². The molecule has 0 spiro atoms. The third-order valence-corrected chi connectivity index (χ3v) is 2.18. The summed E-state index contributed by atoms with van der Waals surface area (Å²) in [7, 11) is 0. The molecule has 13 heavy (non-hydrogen) atoms. The fraction of sp³-hybridized carbons (Fsp3) is 0.364. The van der Waals surface area contributed by atoms with E-state index in [2.05, 4.69) is 30.2 Å². The number of nitrogens with zero attached hydrogens (tertiary/aromatic N) is 2. The van der Waals surface area contributed by atoms with E-state index in [4.69, 9.17) is 0 Å². The summed E-state index contributed by atoms with van der Waals surface area (Å²) in [5.74, 6) is 0.979. The van der Waals surface area contributed by atoms with Crippen LogP contribution in [0.3, 0.4) is 0 Å². The number of benzene rings is 1. The van der Waals surface area contributed by atoms with E-state index in [1.807, 2.05) is 12.1 Å². The van der Waals surface area contributed by atoms with Crippen molar-refractivity contribution in [1.29, 1.82) is 0 Å². The third-order valence-electron chi connectivity index (χ3n) is 2.18. The van der Waals surface area contributed by atoms with Crippen molar-refractivity contribution in [1.82, 2.24) is 5.32 Å². The second-order valence-electron chi connectivity index (χ2n) is 3.33. The molecule has 0 amide bonds. The number of fused-ring (bicyclic) bond motifs is 1. The lowest BCUT2D eigenvalue weighted by Gasteiger charge is -1.97. The standard InChI is InChI=1S/C11H13N2/c1-3-5-10-12-9-7-4-6-8(2)11(9)13-10/h4,6-7H,3,5H2,1-2H3. The van der Waals surface area contributed by atoms with Gasteiger partial charge in [0.05, 0.1) is 11.4 Å². The Morgan fingerprint density at radius 3 is 2.85 bits per heavy atom. The topological polar surface area (TPSA) is 26.5 Å². The van der Waals surface area contributed by atoms with E-state index < -0.39 is 0 Å². The van der Waals surface area contributed by atoms with E-state index in [0.717, 1.165) is 30.1 Å². The Morgan fingerprint density at radius 2 is 2.15 bits per heavy atom. The molecule has 0 N–H and O–H groups in total. The quantitative estimate of drug-likeness (QED) is 0.657. The van der Waals surface area contributed by atoms with Gasteiger partial charge in [-0.2, -0.15) is 0 Å². The maximum atomic E-state index is 4.49. The summed E-state index contributed by atoms with van der Waals surface area (Å²) in [6, 6.07) is 6.13. The summed E-state index contributed by atoms with van der Waals surface area (Å²) >= 11 is 0. The smallest absolute Gasteiger partial charge is 0.129 e. The lowest BCUT2D eigenvalue weighted by molar-refractivity contribution is 0.967. The Hall–Kier alpha value is -1.31. The van der Waals surface area contributed by atoms with Gasteiger partial charge >= 0.3 is 0 Å². The van der Waals surface area contributed by atoms with Crippen molar-refractivity contribution >= 4 is 17.2 Å². The third kappa shape index (κ3) is 1.44. The molecular formula is C11H13N2. The second kappa shape index (κ2) is 3.21. The average molecular weight is 173 g/mol. The van der Waals surface area contributed by atoms with Crippen molar-refractivity contribution in [2.24, 2.45) is 4.99 Å². The highest BCUT2D eigenvalue weighted by Gasteiger charge is 2.15. The molecule has 0 fully saturated rings. The zero-order valence-electron chi connectivity index (χ0n) is 8.04. The lowest BCUT2D eigenvalue weighted by atomic mass is 10.2. The Bertz CT molecular complexity index is 353. The highest BCUT2D eigenvalue weighted by atomic mass is 15.1. The molecular weight excluding hydrogens is 160 g/mol. The molecule has 0 atom stereocenters. The van der Waals surface area contributed by atoms with Crippen molar-refractivity contribution in [2.45, 2.75) is 26.7 Å². The zero-order valence-corrected chi connectivity index (χ0v) is 8.04. The molecule has 1 heterocycles. The summed E-state index contributed by atoms with van der Waals surface area (Å²) in [5, 5.41) is 4.45. The molecule has 0 bridgehead atoms. The van der Waals surface area contributed by atoms with Gasteiger partial charge in [-0.1, -0.05) is 19.1 Å². The van der Waals surface area contributed by atoms with Crippen LogP contribution in [-0.2, 0) is 0 Å². The van der Waals surface area contributed by atoms with E-state index in [1.165, 1.54) is 5.56 Å². The van der Waals surface area contributed by atoms with Gasteiger partial charge in [0.1, 0.15) is 5.84 Å². The molecule has 0 aliphatic carbocycles. The lowest BCUT2D eigenvalue weighted by Crippen LogP contribution is -2.04. The van der Waals surface area contributed by atoms with Gasteiger partial charge in [0.2, 0.25) is 0 Å². The van der Waals surface area contributed by atoms with E-state index in [1.54, 1.807) is 0 Å². The molecule has 1 aromatic carbocycles. The summed E-state index contributed by atoms with van der Waals surface area (Å²) in [6.07, 6.45) is 2.09. The fourth-order valence-corrected chi connectivity index (χ4v) is 1.51. The highest BCUT2D eigenvalue weighted by Crippen LogP contribution is 2.33. The monoisotopic (exact) mass is 173 g/mol. The maximum Gasteiger partial charge on any atom is 0.129 e. The predicted octanol–water partition coefficient (Wildman–Crippen LogP) is 3.07. The summed E-state index contributed by atoms with van der Waals surface area (Å²) < 4.78 is 0. The number of amidine groups is 1. The predicted molar refractivity (Wildman–Crippen MR) is 55.0 cm³/mol. The zero-order chi connectivity index (χ0) is 9.26. The first-order valence-corrected chi connectivity index (χ1v) is 4.70. The number of hydrogen-bond donors (Lipinski definition) is 0. The van der Waals surface area contributed by atoms with Gasteiger partial charge in [0.25, 0.3) is 0 Å². The number of para-hydroxylation sites is 1. The van der Waals surface area contributed by atoms with Gasteiger partial charge in [0, 0.05) is 6.42 Å². The van der Waals surface area contributed by atoms with Crippen molar-refractivity contribution in [2.75, 3.05) is 0 Å². The van der Waals surface area contributed by atoms with Crippen molar-refractivity contribution in [3.63, 3.8) is 0 Å². The van der Waals surface area contributed by atoms with Crippen LogP contribution in [0.2, 0.25) is 0 Å². The van der Waals surface area contributed by atoms with E-state index in [0.29, 0.717) is 0 Å². The van der Waals surface area contributed by atoms with Crippen molar-refractivity contribution in [3.8, 4) is 0 Å². The first-order chi connectivity index (χ1) is 6.31. The maximum absolute atomic E-state index is 4.49. The first-order valence-electron chi connectivity index (χ1n) is 4.70. The van der Waals surface area contributed by atoms with Crippen LogP contribution in [0.15, 0.2) is 23.2 Å². The molecule has 0 saturated heterocycles. The van der Waals surface area contributed by atoms with E-state index >= 15 is 0 Å². The Morgan fingerprint density at radius 1 is 1.31 bits per heavy atom. The van der Waals surface area contributed by atoms with E-state index in [9.17, 15) is 0 Å². The van der Waals surface area contributed by atoms with Crippen LogP contribution in [0.4, 0.5) is 11.4 Å². The fourth-order valence-electron chi connectivity index (χ4n) is 1.51. The molecule has 1 aliphatic rings. The molecule has 0 aromatic heterocycles. The van der Waals surface area contributed by atoms with Gasteiger partial charge in [-0.25, -0.2) is 10.3 Å². The number of hydrogen-bond acceptors (Lipinski definition) is 1. The largest absolute Gasteiger partial charge is 0.231 e. The SMILES string of the molecule is CCCC1=Nc2c(C)cccc2[N]1. The van der Waals surface area contributed by atoms with Gasteiger partial charge in [-0.05, 0) is 25.0 Å². The van der Waals surface area contributed by atoms with Crippen LogP contribution in [0.1, 0.15) is 25.3 Å². The van der Waals surface area contributed by atoms with Gasteiger partial charge in [-0.3, -0.25) is 0 Å². The van der Waals surface area contributed by atoms with Gasteiger partial charge in [0.15, 0.2) is 0 Å². The molecule has 1 radical (unpaired) electrons. The minimum Gasteiger partial charge on any atom is -0.231 e. The summed E-state index contributed by atoms with van der Waals surface area (Å²) in [5.41, 5.74) is 3.31. The molecule has 1 aromatic rings. The number of aryl methyl sites for hydroxylation is 1. The first kappa shape index (κ1) is 8.30. The summed E-state index contributed by atoms with van der Waals surface area (Å²) in [6.45, 7) is 4.22. The minimum atomic E-state index is 0.979. The van der Waals surface area contributed by atoms with Gasteiger partial charge in [-0.15, -0.1) is 0 Å². The molecule has 1 aliphatic heterocycles. The van der Waals surface area contributed by atoms with Crippen LogP contribution >= 0.6 is 0 Å². The highest BCUT2D eigenvalue weighted by molar-refractivity contribution is 5.96. The molecule has 0 unspecified atom stereocenters. The Balaban J connectivity index is 2.32. The van der Waals surface area contributed by atoms with Crippen molar-refractivity contribution < 1.29 is 0 Å². The van der Waals surface area contributed by atoms with Crippen LogP contribution in [0.5, 0.6) is 0 Å². The minimum absolute atomic E-state index is 0.979. The Kier molecular flexibility index (Phi) is 2.05. The molecule has 2 heteroatoms. The number of aliphatic imine (C=N–C) groups is 1. The number of rotatable bonds is 2. The normalized spacial score (nSPS) is 13.5. The molecule has 2 rings (SSSR count). The second-order valence-corrected chi connectivity index (χ2v) is 3.33. The Labute approximate surface area is 78.7 Å². The summed E-state index contributed by atoms with van der Waals surface area (Å²) in [4.78, 5) is 4.49. The van der Waals surface area contributed by atoms with Crippen LogP contribution in [0.25, 0.3) is 0 Å². The molecule has 0 saturated carbocycles. The van der Waals surface area contributed by atoms with Gasteiger partial charge < -0.3 is 0 Å². The molecule has 67 valence electrons. The van der Waals surface area contributed by atoms with Crippen molar-refractivity contribution in [3.05, 3.63) is 23.8 Å².